The molecule has 0 atom stereocenters. The van der Waals surface area contributed by atoms with Gasteiger partial charge in [0.15, 0.2) is 5.11 Å². The molecule has 1 aliphatic heterocycles. The normalized spacial score (nSPS) is 19.3. The Balaban J connectivity index is 2.04. The first kappa shape index (κ1) is 11.7. The topological polar surface area (TPSA) is 27.3 Å². The number of likely N-dealkylation sites (tertiary alicyclic amines) is 1. The van der Waals surface area contributed by atoms with Crippen molar-refractivity contribution in [2.45, 2.75) is 19.3 Å². The standard InChI is InChI=1S/C10H21N3S/c1-11-10(14)12-6-3-9-4-7-13(2)8-5-9/h9H,3-8H2,1-2H3,(H2,11,12,14). The SMILES string of the molecule is CNC(=S)NCCC1CCN(C)CC1. The average molecular weight is 215 g/mol. The number of nitrogens with one attached hydrogen (secondary N) is 2. The lowest BCUT2D eigenvalue weighted by molar-refractivity contribution is 0.213. The molecular formula is C10H21N3S. The molecule has 4 heteroatoms. The molecule has 1 rings (SSSR count). The lowest BCUT2D eigenvalue weighted by atomic mass is 9.94. The maximum absolute atomic E-state index is 5.01. The van der Waals surface area contributed by atoms with Gasteiger partial charge in [-0.25, -0.2) is 0 Å². The van der Waals surface area contributed by atoms with E-state index in [0.717, 1.165) is 17.6 Å². The highest BCUT2D eigenvalue weighted by Crippen LogP contribution is 2.18. The first-order valence-electron chi connectivity index (χ1n) is 5.36. The Labute approximate surface area is 92.2 Å². The van der Waals surface area contributed by atoms with Crippen LogP contribution in [0.3, 0.4) is 0 Å². The van der Waals surface area contributed by atoms with Crippen molar-refractivity contribution in [3.8, 4) is 0 Å². The van der Waals surface area contributed by atoms with Crippen molar-refractivity contribution in [1.82, 2.24) is 15.5 Å². The van der Waals surface area contributed by atoms with Gasteiger partial charge in [0.05, 0.1) is 0 Å². The van der Waals surface area contributed by atoms with Gasteiger partial charge in [-0.2, -0.15) is 0 Å². The smallest absolute Gasteiger partial charge is 0.166 e. The van der Waals surface area contributed by atoms with E-state index >= 15 is 0 Å². The zero-order chi connectivity index (χ0) is 10.4. The number of thiocarbonyl (C=S) groups is 1. The molecule has 1 saturated heterocycles. The predicted octanol–water partition coefficient (Wildman–Crippen LogP) is 0.812. The van der Waals surface area contributed by atoms with E-state index in [1.165, 1.54) is 32.4 Å². The molecule has 2 N–H and O–H groups in total. The van der Waals surface area contributed by atoms with E-state index in [9.17, 15) is 0 Å². The molecule has 0 aromatic heterocycles. The molecule has 1 heterocycles. The second-order valence-electron chi connectivity index (χ2n) is 4.04. The Bertz CT molecular complexity index is 176. The van der Waals surface area contributed by atoms with Crippen LogP contribution < -0.4 is 10.6 Å². The van der Waals surface area contributed by atoms with Crippen molar-refractivity contribution >= 4 is 17.3 Å². The zero-order valence-electron chi connectivity index (χ0n) is 9.18. The molecule has 0 bridgehead atoms. The predicted molar refractivity (Wildman–Crippen MR) is 64.5 cm³/mol. The maximum Gasteiger partial charge on any atom is 0.166 e. The molecule has 1 aliphatic rings. The Morgan fingerprint density at radius 2 is 2.07 bits per heavy atom. The molecule has 14 heavy (non-hydrogen) atoms. The molecule has 1 fully saturated rings. The third-order valence-corrected chi connectivity index (χ3v) is 3.25. The van der Waals surface area contributed by atoms with Crippen LogP contribution in [0.1, 0.15) is 19.3 Å². The lowest BCUT2D eigenvalue weighted by Crippen LogP contribution is -2.35. The summed E-state index contributed by atoms with van der Waals surface area (Å²) in [6.07, 6.45) is 3.92. The fourth-order valence-electron chi connectivity index (χ4n) is 1.83. The van der Waals surface area contributed by atoms with Gasteiger partial charge in [-0.05, 0) is 57.5 Å². The van der Waals surface area contributed by atoms with E-state index in [1.54, 1.807) is 0 Å². The van der Waals surface area contributed by atoms with Gasteiger partial charge in [-0.15, -0.1) is 0 Å². The van der Waals surface area contributed by atoms with Gasteiger partial charge in [0.2, 0.25) is 0 Å². The van der Waals surface area contributed by atoms with E-state index in [2.05, 4.69) is 22.6 Å². The Morgan fingerprint density at radius 1 is 1.43 bits per heavy atom. The first-order valence-corrected chi connectivity index (χ1v) is 5.77. The van der Waals surface area contributed by atoms with Gasteiger partial charge in [0.25, 0.3) is 0 Å². The third kappa shape index (κ3) is 4.24. The van der Waals surface area contributed by atoms with Crippen LogP contribution in [0.4, 0.5) is 0 Å². The van der Waals surface area contributed by atoms with Crippen molar-refractivity contribution in [3.63, 3.8) is 0 Å². The quantitative estimate of drug-likeness (QED) is 0.681. The van der Waals surface area contributed by atoms with Crippen LogP contribution in [-0.4, -0.2) is 43.7 Å². The Hall–Kier alpha value is -0.350. The summed E-state index contributed by atoms with van der Waals surface area (Å²) >= 11 is 5.01. The molecule has 3 nitrogen and oxygen atoms in total. The van der Waals surface area contributed by atoms with Crippen molar-refractivity contribution in [2.75, 3.05) is 33.7 Å². The fraction of sp³-hybridized carbons (Fsp3) is 0.900. The molecule has 0 amide bonds. The number of hydrogen-bond acceptors (Lipinski definition) is 2. The van der Waals surface area contributed by atoms with Crippen LogP contribution in [0.5, 0.6) is 0 Å². The van der Waals surface area contributed by atoms with Crippen LogP contribution in [0, 0.1) is 5.92 Å². The van der Waals surface area contributed by atoms with Gasteiger partial charge in [0, 0.05) is 13.6 Å². The number of rotatable bonds is 3. The van der Waals surface area contributed by atoms with Crippen LogP contribution >= 0.6 is 12.2 Å². The summed E-state index contributed by atoms with van der Waals surface area (Å²) in [5.41, 5.74) is 0. The molecule has 0 aliphatic carbocycles. The minimum atomic E-state index is 0.762. The molecule has 0 aromatic rings. The van der Waals surface area contributed by atoms with Crippen molar-refractivity contribution in [2.24, 2.45) is 5.92 Å². The van der Waals surface area contributed by atoms with Gasteiger partial charge in [0.1, 0.15) is 0 Å². The minimum Gasteiger partial charge on any atom is -0.366 e. The van der Waals surface area contributed by atoms with Gasteiger partial charge in [-0.3, -0.25) is 0 Å². The van der Waals surface area contributed by atoms with Crippen molar-refractivity contribution in [1.29, 1.82) is 0 Å². The van der Waals surface area contributed by atoms with Crippen LogP contribution in [0.25, 0.3) is 0 Å². The summed E-state index contributed by atoms with van der Waals surface area (Å²) in [7, 11) is 4.05. The zero-order valence-corrected chi connectivity index (χ0v) is 9.99. The van der Waals surface area contributed by atoms with Gasteiger partial charge in [-0.1, -0.05) is 0 Å². The van der Waals surface area contributed by atoms with E-state index in [1.807, 2.05) is 7.05 Å². The second kappa shape index (κ2) is 6.19. The summed E-state index contributed by atoms with van der Waals surface area (Å²) in [5.74, 6) is 0.887. The van der Waals surface area contributed by atoms with Gasteiger partial charge >= 0.3 is 0 Å². The summed E-state index contributed by atoms with van der Waals surface area (Å²) in [6, 6.07) is 0. The number of hydrogen-bond donors (Lipinski definition) is 2. The largest absolute Gasteiger partial charge is 0.366 e. The second-order valence-corrected chi connectivity index (χ2v) is 4.45. The summed E-state index contributed by atoms with van der Waals surface area (Å²) in [4.78, 5) is 2.40. The third-order valence-electron chi connectivity index (χ3n) is 2.90. The fourth-order valence-corrected chi connectivity index (χ4v) is 1.93. The van der Waals surface area contributed by atoms with Crippen LogP contribution in [0.2, 0.25) is 0 Å². The molecule has 82 valence electrons. The molecule has 0 unspecified atom stereocenters. The summed E-state index contributed by atoms with van der Waals surface area (Å²) < 4.78 is 0. The highest BCUT2D eigenvalue weighted by atomic mass is 32.1. The highest BCUT2D eigenvalue weighted by Gasteiger charge is 2.15. The number of nitrogens with zero attached hydrogens (tertiary/aromatic N) is 1. The number of piperidine rings is 1. The molecular weight excluding hydrogens is 194 g/mol. The Morgan fingerprint density at radius 3 is 2.64 bits per heavy atom. The summed E-state index contributed by atoms with van der Waals surface area (Å²) in [6.45, 7) is 3.51. The van der Waals surface area contributed by atoms with Crippen molar-refractivity contribution in [3.05, 3.63) is 0 Å². The van der Waals surface area contributed by atoms with E-state index in [-0.39, 0.29) is 0 Å². The van der Waals surface area contributed by atoms with E-state index in [0.29, 0.717) is 0 Å². The average Bonchev–Trinajstić information content (AvgIpc) is 2.21. The maximum atomic E-state index is 5.01. The molecule has 0 radical (unpaired) electrons. The molecule has 0 saturated carbocycles. The van der Waals surface area contributed by atoms with Crippen LogP contribution in [0.15, 0.2) is 0 Å². The van der Waals surface area contributed by atoms with Crippen molar-refractivity contribution < 1.29 is 0 Å². The first-order chi connectivity index (χ1) is 6.72. The minimum absolute atomic E-state index is 0.762. The van der Waals surface area contributed by atoms with E-state index in [4.69, 9.17) is 12.2 Å². The van der Waals surface area contributed by atoms with E-state index < -0.39 is 0 Å². The highest BCUT2D eigenvalue weighted by molar-refractivity contribution is 7.80. The summed E-state index contributed by atoms with van der Waals surface area (Å²) in [5, 5.41) is 6.88. The van der Waals surface area contributed by atoms with Crippen LogP contribution in [-0.2, 0) is 0 Å². The monoisotopic (exact) mass is 215 g/mol. The Kier molecular flexibility index (Phi) is 5.19. The van der Waals surface area contributed by atoms with Gasteiger partial charge < -0.3 is 15.5 Å². The lowest BCUT2D eigenvalue weighted by Gasteiger charge is -2.28. The molecule has 0 aromatic carbocycles. The molecule has 0 spiro atoms.